The van der Waals surface area contributed by atoms with E-state index in [4.69, 9.17) is 9.47 Å². The Morgan fingerprint density at radius 2 is 1.88 bits per heavy atom. The summed E-state index contributed by atoms with van der Waals surface area (Å²) in [6.45, 7) is 3.50. The van der Waals surface area contributed by atoms with Crippen molar-refractivity contribution in [1.29, 1.82) is 0 Å². The van der Waals surface area contributed by atoms with Gasteiger partial charge in [0.25, 0.3) is 0 Å². The highest BCUT2D eigenvalue weighted by molar-refractivity contribution is 4.68. The Balaban J connectivity index is 1.64. The molecule has 3 nitrogen and oxygen atoms in total. The van der Waals surface area contributed by atoms with E-state index in [-0.39, 0.29) is 6.10 Å². The topological polar surface area (TPSA) is 21.7 Å². The van der Waals surface area contributed by atoms with E-state index in [1.807, 2.05) is 0 Å². The van der Waals surface area contributed by atoms with Crippen molar-refractivity contribution in [3.63, 3.8) is 0 Å². The molecule has 0 bridgehead atoms. The predicted octanol–water partition coefficient (Wildman–Crippen LogP) is 1.96. The Hall–Kier alpha value is -0.190. The van der Waals surface area contributed by atoms with Gasteiger partial charge in [-0.05, 0) is 12.8 Å². The number of rotatable bonds is 4. The third-order valence-electron chi connectivity index (χ3n) is 3.40. The summed E-state index contributed by atoms with van der Waals surface area (Å²) in [5.41, 5.74) is 0. The summed E-state index contributed by atoms with van der Waals surface area (Å²) in [5, 5.41) is 0. The Morgan fingerprint density at radius 1 is 1.19 bits per heavy atom. The van der Waals surface area contributed by atoms with Gasteiger partial charge >= 0.3 is 0 Å². The van der Waals surface area contributed by atoms with Gasteiger partial charge in [0.2, 0.25) is 6.36 Å². The minimum atomic E-state index is -1.12. The fourth-order valence-electron chi connectivity index (χ4n) is 2.44. The van der Waals surface area contributed by atoms with Crippen molar-refractivity contribution in [2.75, 3.05) is 32.8 Å². The van der Waals surface area contributed by atoms with Gasteiger partial charge in [0.05, 0.1) is 25.9 Å². The first kappa shape index (κ1) is 12.3. The summed E-state index contributed by atoms with van der Waals surface area (Å²) >= 11 is 0. The third kappa shape index (κ3) is 4.00. The molecular formula is C12H22FNO2. The minimum Gasteiger partial charge on any atom is -0.379 e. The van der Waals surface area contributed by atoms with Gasteiger partial charge in [-0.3, -0.25) is 4.90 Å². The van der Waals surface area contributed by atoms with Crippen LogP contribution in [0.5, 0.6) is 0 Å². The zero-order valence-corrected chi connectivity index (χ0v) is 9.87. The molecule has 0 aromatic heterocycles. The minimum absolute atomic E-state index is 0.157. The van der Waals surface area contributed by atoms with E-state index >= 15 is 0 Å². The maximum atomic E-state index is 13.7. The molecule has 4 heteroatoms. The number of morpholine rings is 1. The number of alkyl halides is 1. The fourth-order valence-corrected chi connectivity index (χ4v) is 2.44. The Bertz CT molecular complexity index is 171. The quantitative estimate of drug-likeness (QED) is 0.738. The molecule has 2 fully saturated rings. The maximum absolute atomic E-state index is 13.7. The van der Waals surface area contributed by atoms with E-state index in [0.717, 1.165) is 39.1 Å². The molecule has 16 heavy (non-hydrogen) atoms. The van der Waals surface area contributed by atoms with Crippen molar-refractivity contribution in [3.05, 3.63) is 0 Å². The molecule has 1 saturated carbocycles. The van der Waals surface area contributed by atoms with Gasteiger partial charge in [0, 0.05) is 13.1 Å². The van der Waals surface area contributed by atoms with E-state index in [1.54, 1.807) is 0 Å². The van der Waals surface area contributed by atoms with Crippen LogP contribution in [0.1, 0.15) is 32.1 Å². The smallest absolute Gasteiger partial charge is 0.211 e. The Kier molecular flexibility index (Phi) is 5.00. The summed E-state index contributed by atoms with van der Waals surface area (Å²) in [7, 11) is 0. The number of hydrogen-bond donors (Lipinski definition) is 0. The van der Waals surface area contributed by atoms with Gasteiger partial charge in [0.1, 0.15) is 0 Å². The number of halogens is 1. The molecule has 0 aromatic rings. The van der Waals surface area contributed by atoms with Crippen LogP contribution in [0, 0.1) is 0 Å². The zero-order chi connectivity index (χ0) is 11.2. The lowest BCUT2D eigenvalue weighted by Crippen LogP contribution is -2.41. The summed E-state index contributed by atoms with van der Waals surface area (Å²) in [6, 6.07) is 0. The van der Waals surface area contributed by atoms with Crippen molar-refractivity contribution in [2.45, 2.75) is 44.6 Å². The van der Waals surface area contributed by atoms with Crippen molar-refractivity contribution in [2.24, 2.45) is 0 Å². The van der Waals surface area contributed by atoms with Crippen LogP contribution >= 0.6 is 0 Å². The lowest BCUT2D eigenvalue weighted by Gasteiger charge is -2.30. The summed E-state index contributed by atoms with van der Waals surface area (Å²) < 4.78 is 24.3. The lowest BCUT2D eigenvalue weighted by atomic mass is 9.98. The van der Waals surface area contributed by atoms with Crippen LogP contribution in [0.15, 0.2) is 0 Å². The van der Waals surface area contributed by atoms with Gasteiger partial charge in [-0.15, -0.1) is 0 Å². The molecule has 0 spiro atoms. The van der Waals surface area contributed by atoms with E-state index < -0.39 is 6.36 Å². The summed E-state index contributed by atoms with van der Waals surface area (Å²) in [6.07, 6.45) is 4.75. The van der Waals surface area contributed by atoms with Crippen LogP contribution in [-0.2, 0) is 9.47 Å². The molecular weight excluding hydrogens is 209 g/mol. The van der Waals surface area contributed by atoms with E-state index in [2.05, 4.69) is 4.90 Å². The molecule has 1 aliphatic heterocycles. The third-order valence-corrected chi connectivity index (χ3v) is 3.40. The molecule has 94 valence electrons. The van der Waals surface area contributed by atoms with Crippen LogP contribution in [0.25, 0.3) is 0 Å². The number of hydrogen-bond acceptors (Lipinski definition) is 3. The molecule has 1 unspecified atom stereocenters. The molecule has 2 rings (SSSR count). The highest BCUT2D eigenvalue weighted by Crippen LogP contribution is 2.22. The second kappa shape index (κ2) is 6.52. The van der Waals surface area contributed by atoms with Gasteiger partial charge in [-0.2, -0.15) is 0 Å². The summed E-state index contributed by atoms with van der Waals surface area (Å²) in [4.78, 5) is 2.08. The van der Waals surface area contributed by atoms with Crippen LogP contribution in [-0.4, -0.2) is 50.2 Å². The van der Waals surface area contributed by atoms with Crippen LogP contribution < -0.4 is 0 Å². The van der Waals surface area contributed by atoms with Gasteiger partial charge in [0.15, 0.2) is 0 Å². The van der Waals surface area contributed by atoms with E-state index in [1.165, 1.54) is 19.3 Å². The first-order valence-electron chi connectivity index (χ1n) is 6.44. The standard InChI is InChI=1S/C12H22FNO2/c13-12(10-14-6-8-15-9-7-14)16-11-4-2-1-3-5-11/h11-12H,1-10H2. The van der Waals surface area contributed by atoms with Crippen molar-refractivity contribution in [3.8, 4) is 0 Å². The first-order valence-corrected chi connectivity index (χ1v) is 6.44. The largest absolute Gasteiger partial charge is 0.379 e. The Morgan fingerprint density at radius 3 is 2.56 bits per heavy atom. The van der Waals surface area contributed by atoms with Gasteiger partial charge in [-0.25, -0.2) is 4.39 Å². The normalized spacial score (nSPS) is 26.8. The molecule has 2 aliphatic rings. The van der Waals surface area contributed by atoms with Crippen LogP contribution in [0.4, 0.5) is 4.39 Å². The number of ether oxygens (including phenoxy) is 2. The van der Waals surface area contributed by atoms with Gasteiger partial charge in [-0.1, -0.05) is 19.3 Å². The van der Waals surface area contributed by atoms with Crippen LogP contribution in [0.2, 0.25) is 0 Å². The van der Waals surface area contributed by atoms with Gasteiger partial charge < -0.3 is 9.47 Å². The van der Waals surface area contributed by atoms with Crippen LogP contribution in [0.3, 0.4) is 0 Å². The molecule has 0 amide bonds. The highest BCUT2D eigenvalue weighted by atomic mass is 19.1. The molecule has 0 aromatic carbocycles. The van der Waals surface area contributed by atoms with Crippen molar-refractivity contribution in [1.82, 2.24) is 4.90 Å². The molecule has 0 N–H and O–H groups in total. The van der Waals surface area contributed by atoms with E-state index in [9.17, 15) is 4.39 Å². The first-order chi connectivity index (χ1) is 7.84. The van der Waals surface area contributed by atoms with Crippen molar-refractivity contribution >= 4 is 0 Å². The fraction of sp³-hybridized carbons (Fsp3) is 1.00. The highest BCUT2D eigenvalue weighted by Gasteiger charge is 2.21. The SMILES string of the molecule is FC(CN1CCOCC1)OC1CCCCC1. The van der Waals surface area contributed by atoms with Crippen molar-refractivity contribution < 1.29 is 13.9 Å². The molecule has 0 radical (unpaired) electrons. The number of nitrogens with zero attached hydrogens (tertiary/aromatic N) is 1. The zero-order valence-electron chi connectivity index (χ0n) is 9.87. The average molecular weight is 231 g/mol. The predicted molar refractivity (Wildman–Crippen MR) is 60.1 cm³/mol. The monoisotopic (exact) mass is 231 g/mol. The second-order valence-electron chi connectivity index (χ2n) is 4.72. The molecule has 1 heterocycles. The molecule has 1 atom stereocenters. The molecule has 1 saturated heterocycles. The van der Waals surface area contributed by atoms with E-state index in [0.29, 0.717) is 6.54 Å². The average Bonchev–Trinajstić information content (AvgIpc) is 2.31. The maximum Gasteiger partial charge on any atom is 0.211 e. The Labute approximate surface area is 96.9 Å². The second-order valence-corrected chi connectivity index (χ2v) is 4.72. The summed E-state index contributed by atoms with van der Waals surface area (Å²) in [5.74, 6) is 0. The lowest BCUT2D eigenvalue weighted by molar-refractivity contribution is -0.115. The molecule has 1 aliphatic carbocycles.